The molecule has 4 N–H and O–H groups in total. The van der Waals surface area contributed by atoms with Crippen LogP contribution >= 0.6 is 0 Å². The van der Waals surface area contributed by atoms with E-state index in [2.05, 4.69) is 13.8 Å². The first kappa shape index (κ1) is 16.5. The quantitative estimate of drug-likeness (QED) is 0.719. The molecule has 2 aromatic carbocycles. The molecule has 0 saturated carbocycles. The molecular weight excluding hydrogens is 300 g/mol. The van der Waals surface area contributed by atoms with E-state index in [1.54, 1.807) is 0 Å². The summed E-state index contributed by atoms with van der Waals surface area (Å²) in [6.07, 6.45) is 5.05. The molecule has 0 unspecified atom stereocenters. The lowest BCUT2D eigenvalue weighted by Gasteiger charge is -2.23. The molecule has 24 heavy (non-hydrogen) atoms. The Kier molecular flexibility index (Phi) is 4.84. The van der Waals surface area contributed by atoms with Crippen LogP contribution in [-0.4, -0.2) is 12.2 Å². The first-order chi connectivity index (χ1) is 11.5. The van der Waals surface area contributed by atoms with Crippen LogP contribution in [0.15, 0.2) is 36.4 Å². The van der Waals surface area contributed by atoms with Crippen LogP contribution in [0.5, 0.6) is 11.5 Å². The highest BCUT2D eigenvalue weighted by atomic mass is 16.5. The number of ether oxygens (including phenoxy) is 2. The molecule has 2 aliphatic rings. The van der Waals surface area contributed by atoms with E-state index in [4.69, 9.17) is 20.9 Å². The number of nitrogens with two attached hydrogens (primary N) is 2. The Morgan fingerprint density at radius 1 is 0.750 bits per heavy atom. The summed E-state index contributed by atoms with van der Waals surface area (Å²) in [6, 6.07) is 11.7. The van der Waals surface area contributed by atoms with E-state index in [1.165, 1.54) is 11.1 Å². The molecular formula is C20H26N2O2. The van der Waals surface area contributed by atoms with Crippen LogP contribution in [0, 0.1) is 0 Å². The summed E-state index contributed by atoms with van der Waals surface area (Å²) < 4.78 is 11.3. The fourth-order valence-corrected chi connectivity index (χ4v) is 3.09. The van der Waals surface area contributed by atoms with E-state index in [0.29, 0.717) is 12.2 Å². The molecule has 4 nitrogen and oxygen atoms in total. The minimum atomic E-state index is 0.348. The van der Waals surface area contributed by atoms with Gasteiger partial charge in [0.1, 0.15) is 11.5 Å². The second kappa shape index (κ2) is 7.04. The molecule has 2 aromatic rings. The largest absolute Gasteiger partial charge is 0.490 e. The van der Waals surface area contributed by atoms with Crippen LogP contribution < -0.4 is 20.9 Å². The lowest BCUT2D eigenvalue weighted by molar-refractivity contribution is 0.192. The number of benzene rings is 2. The van der Waals surface area contributed by atoms with Gasteiger partial charge in [0, 0.05) is 11.4 Å². The van der Waals surface area contributed by atoms with Crippen molar-refractivity contribution in [2.75, 3.05) is 11.5 Å². The smallest absolute Gasteiger partial charge is 0.123 e. The van der Waals surface area contributed by atoms with E-state index in [1.807, 2.05) is 36.4 Å². The number of anilines is 2. The van der Waals surface area contributed by atoms with Gasteiger partial charge in [-0.1, -0.05) is 0 Å². The summed E-state index contributed by atoms with van der Waals surface area (Å²) in [5.74, 6) is 2.01. The molecule has 4 heteroatoms. The second-order valence-corrected chi connectivity index (χ2v) is 6.67. The van der Waals surface area contributed by atoms with Gasteiger partial charge in [-0.15, -0.1) is 0 Å². The molecule has 0 bridgehead atoms. The molecule has 2 heterocycles. The van der Waals surface area contributed by atoms with Gasteiger partial charge in [0.25, 0.3) is 0 Å². The maximum Gasteiger partial charge on any atom is 0.123 e. The summed E-state index contributed by atoms with van der Waals surface area (Å²) in [5.41, 5.74) is 15.5. The lowest BCUT2D eigenvalue weighted by Crippen LogP contribution is -2.18. The van der Waals surface area contributed by atoms with Gasteiger partial charge in [-0.3, -0.25) is 0 Å². The first-order valence-corrected chi connectivity index (χ1v) is 8.61. The van der Waals surface area contributed by atoms with Gasteiger partial charge in [-0.2, -0.15) is 0 Å². The van der Waals surface area contributed by atoms with Gasteiger partial charge in [0.2, 0.25) is 0 Å². The van der Waals surface area contributed by atoms with Crippen LogP contribution in [0.25, 0.3) is 0 Å². The van der Waals surface area contributed by atoms with Crippen molar-refractivity contribution in [1.29, 1.82) is 0 Å². The number of hydrogen-bond donors (Lipinski definition) is 2. The molecule has 2 atom stereocenters. The molecule has 0 spiro atoms. The van der Waals surface area contributed by atoms with E-state index in [0.717, 1.165) is 48.6 Å². The van der Waals surface area contributed by atoms with E-state index in [9.17, 15) is 0 Å². The summed E-state index contributed by atoms with van der Waals surface area (Å²) in [5, 5.41) is 0. The Labute approximate surface area is 143 Å². The predicted octanol–water partition coefficient (Wildman–Crippen LogP) is 3.96. The molecule has 0 saturated heterocycles. The van der Waals surface area contributed by atoms with Crippen LogP contribution in [0.2, 0.25) is 0 Å². The van der Waals surface area contributed by atoms with E-state index < -0.39 is 0 Å². The summed E-state index contributed by atoms with van der Waals surface area (Å²) in [4.78, 5) is 0. The molecule has 0 amide bonds. The van der Waals surface area contributed by atoms with Crippen molar-refractivity contribution in [3.05, 3.63) is 47.5 Å². The van der Waals surface area contributed by atoms with E-state index in [-0.39, 0.29) is 0 Å². The third-order valence-corrected chi connectivity index (χ3v) is 4.47. The summed E-state index contributed by atoms with van der Waals surface area (Å²) >= 11 is 0. The topological polar surface area (TPSA) is 70.5 Å². The van der Waals surface area contributed by atoms with Gasteiger partial charge in [0.05, 0.1) is 12.2 Å². The fourth-order valence-electron chi connectivity index (χ4n) is 3.09. The van der Waals surface area contributed by atoms with Crippen LogP contribution in [0.1, 0.15) is 37.8 Å². The Hall–Kier alpha value is -2.36. The van der Waals surface area contributed by atoms with Crippen molar-refractivity contribution < 1.29 is 9.47 Å². The standard InChI is InChI=1S/2C10H13NO/c2*1-7-2-3-8-6-9(11)4-5-10(8)12-7/h2*4-7H,2-3,11H2,1H3/t2*7-/m10/s1. The zero-order valence-corrected chi connectivity index (χ0v) is 14.4. The highest BCUT2D eigenvalue weighted by Gasteiger charge is 2.16. The minimum Gasteiger partial charge on any atom is -0.490 e. The van der Waals surface area contributed by atoms with Gasteiger partial charge in [-0.25, -0.2) is 0 Å². The number of aryl methyl sites for hydroxylation is 2. The van der Waals surface area contributed by atoms with Crippen LogP contribution in [0.3, 0.4) is 0 Å². The highest BCUT2D eigenvalue weighted by molar-refractivity contribution is 5.49. The maximum atomic E-state index is 5.66. The second-order valence-electron chi connectivity index (χ2n) is 6.67. The van der Waals surface area contributed by atoms with Gasteiger partial charge >= 0.3 is 0 Å². The number of hydrogen-bond acceptors (Lipinski definition) is 4. The average Bonchev–Trinajstić information content (AvgIpc) is 2.56. The molecule has 2 aliphatic heterocycles. The predicted molar refractivity (Wildman–Crippen MR) is 98.5 cm³/mol. The van der Waals surface area contributed by atoms with Crippen LogP contribution in [0.4, 0.5) is 11.4 Å². The number of nitrogen functional groups attached to an aromatic ring is 2. The molecule has 128 valence electrons. The van der Waals surface area contributed by atoms with Crippen molar-refractivity contribution in [1.82, 2.24) is 0 Å². The molecule has 0 aliphatic carbocycles. The Balaban J connectivity index is 0.000000141. The molecule has 0 aromatic heterocycles. The SMILES string of the molecule is C[C@@H]1CCc2cc(N)ccc2O1.C[C@H]1CCc2cc(N)ccc2O1. The summed E-state index contributed by atoms with van der Waals surface area (Å²) in [7, 11) is 0. The van der Waals surface area contributed by atoms with Crippen LogP contribution in [-0.2, 0) is 12.8 Å². The Morgan fingerprint density at radius 2 is 1.17 bits per heavy atom. The molecule has 4 rings (SSSR count). The number of rotatable bonds is 0. The van der Waals surface area contributed by atoms with Crippen molar-refractivity contribution in [3.8, 4) is 11.5 Å². The Bertz CT molecular complexity index is 653. The zero-order valence-electron chi connectivity index (χ0n) is 14.4. The van der Waals surface area contributed by atoms with Crippen molar-refractivity contribution in [2.45, 2.75) is 51.7 Å². The normalized spacial score (nSPS) is 21.2. The Morgan fingerprint density at radius 3 is 1.58 bits per heavy atom. The molecule has 0 radical (unpaired) electrons. The van der Waals surface area contributed by atoms with E-state index >= 15 is 0 Å². The average molecular weight is 326 g/mol. The maximum absolute atomic E-state index is 5.66. The molecule has 0 fully saturated rings. The fraction of sp³-hybridized carbons (Fsp3) is 0.400. The van der Waals surface area contributed by atoms with Gasteiger partial charge < -0.3 is 20.9 Å². The summed E-state index contributed by atoms with van der Waals surface area (Å²) in [6.45, 7) is 4.19. The van der Waals surface area contributed by atoms with Gasteiger partial charge in [-0.05, 0) is 87.1 Å². The van der Waals surface area contributed by atoms with Crippen molar-refractivity contribution in [3.63, 3.8) is 0 Å². The van der Waals surface area contributed by atoms with Crippen molar-refractivity contribution >= 4 is 11.4 Å². The van der Waals surface area contributed by atoms with Crippen molar-refractivity contribution in [2.24, 2.45) is 0 Å². The minimum absolute atomic E-state index is 0.348. The zero-order chi connectivity index (χ0) is 17.1. The third kappa shape index (κ3) is 3.94. The monoisotopic (exact) mass is 326 g/mol. The number of fused-ring (bicyclic) bond motifs is 2. The lowest BCUT2D eigenvalue weighted by atomic mass is 10.0. The van der Waals surface area contributed by atoms with Gasteiger partial charge in [0.15, 0.2) is 0 Å². The third-order valence-electron chi connectivity index (χ3n) is 4.47. The highest BCUT2D eigenvalue weighted by Crippen LogP contribution is 2.29. The first-order valence-electron chi connectivity index (χ1n) is 8.61.